The van der Waals surface area contributed by atoms with E-state index in [1.54, 1.807) is 0 Å². The maximum atomic E-state index is 11.5. The third kappa shape index (κ3) is 0.935. The van der Waals surface area contributed by atoms with Gasteiger partial charge in [0.05, 0.1) is 0 Å². The van der Waals surface area contributed by atoms with Crippen LogP contribution in [0.1, 0.15) is 39.5 Å². The van der Waals surface area contributed by atoms with Gasteiger partial charge in [0, 0.05) is 11.8 Å². The van der Waals surface area contributed by atoms with Crippen LogP contribution in [-0.4, -0.2) is 5.78 Å². The lowest BCUT2D eigenvalue weighted by Crippen LogP contribution is -2.44. The highest BCUT2D eigenvalue weighted by atomic mass is 16.1. The summed E-state index contributed by atoms with van der Waals surface area (Å²) in [5.41, 5.74) is 0.0775. The Bertz CT molecular complexity index is 197. The van der Waals surface area contributed by atoms with Crippen molar-refractivity contribution >= 4 is 5.78 Å². The summed E-state index contributed by atoms with van der Waals surface area (Å²) in [6.07, 6.45) is 4.47. The van der Waals surface area contributed by atoms with Gasteiger partial charge in [-0.3, -0.25) is 4.79 Å². The van der Waals surface area contributed by atoms with Crippen molar-refractivity contribution in [1.82, 2.24) is 0 Å². The van der Waals surface area contributed by atoms with Crippen molar-refractivity contribution in [2.45, 2.75) is 39.5 Å². The molecule has 62 valence electrons. The van der Waals surface area contributed by atoms with Crippen molar-refractivity contribution in [2.24, 2.45) is 17.3 Å². The average Bonchev–Trinajstić information content (AvgIpc) is 1.92. The lowest BCUT2D eigenvalue weighted by atomic mass is 9.57. The van der Waals surface area contributed by atoms with Crippen LogP contribution in [0.5, 0.6) is 0 Å². The van der Waals surface area contributed by atoms with Crippen molar-refractivity contribution in [3.05, 3.63) is 0 Å². The van der Waals surface area contributed by atoms with Gasteiger partial charge in [-0.15, -0.1) is 0 Å². The molecule has 3 saturated carbocycles. The molecule has 3 aliphatic rings. The summed E-state index contributed by atoms with van der Waals surface area (Å²) in [4.78, 5) is 11.5. The Labute approximate surface area is 68.2 Å². The largest absolute Gasteiger partial charge is 0.299 e. The van der Waals surface area contributed by atoms with Crippen molar-refractivity contribution in [3.63, 3.8) is 0 Å². The van der Waals surface area contributed by atoms with Crippen molar-refractivity contribution in [2.75, 3.05) is 0 Å². The molecule has 0 aliphatic heterocycles. The first-order valence-corrected chi connectivity index (χ1v) is 4.65. The van der Waals surface area contributed by atoms with Crippen LogP contribution < -0.4 is 0 Å². The van der Waals surface area contributed by atoms with Crippen LogP contribution >= 0.6 is 0 Å². The van der Waals surface area contributed by atoms with Gasteiger partial charge >= 0.3 is 0 Å². The minimum absolute atomic E-state index is 0.0775. The van der Waals surface area contributed by atoms with E-state index in [2.05, 4.69) is 13.8 Å². The number of rotatable bonds is 0. The Hall–Kier alpha value is -0.330. The van der Waals surface area contributed by atoms with E-state index in [0.717, 1.165) is 31.1 Å². The molecule has 0 N–H and O–H groups in total. The monoisotopic (exact) mass is 152 g/mol. The summed E-state index contributed by atoms with van der Waals surface area (Å²) < 4.78 is 0. The highest BCUT2D eigenvalue weighted by Gasteiger charge is 2.46. The fraction of sp³-hybridized carbons (Fsp3) is 0.900. The van der Waals surface area contributed by atoms with Crippen molar-refractivity contribution in [1.29, 1.82) is 0 Å². The van der Waals surface area contributed by atoms with E-state index in [1.807, 2.05) is 0 Å². The van der Waals surface area contributed by atoms with Crippen molar-refractivity contribution in [3.8, 4) is 0 Å². The van der Waals surface area contributed by atoms with Crippen LogP contribution in [0.25, 0.3) is 0 Å². The molecular formula is C10H16O. The molecular weight excluding hydrogens is 136 g/mol. The highest BCUT2D eigenvalue weighted by molar-refractivity contribution is 5.86. The molecule has 3 atom stereocenters. The molecule has 0 radical (unpaired) electrons. The summed E-state index contributed by atoms with van der Waals surface area (Å²) in [5.74, 6) is 2.06. The molecule has 1 unspecified atom stereocenters. The van der Waals surface area contributed by atoms with E-state index in [1.165, 1.54) is 6.42 Å². The van der Waals surface area contributed by atoms with Gasteiger partial charge in [0.1, 0.15) is 5.78 Å². The van der Waals surface area contributed by atoms with Gasteiger partial charge in [-0.05, 0) is 31.1 Å². The van der Waals surface area contributed by atoms with E-state index in [4.69, 9.17) is 0 Å². The molecule has 3 fully saturated rings. The van der Waals surface area contributed by atoms with Crippen LogP contribution in [0, 0.1) is 17.3 Å². The van der Waals surface area contributed by atoms with Crippen molar-refractivity contribution < 1.29 is 4.79 Å². The van der Waals surface area contributed by atoms with E-state index < -0.39 is 0 Å². The summed E-state index contributed by atoms with van der Waals surface area (Å²) in [7, 11) is 0. The maximum absolute atomic E-state index is 11.5. The van der Waals surface area contributed by atoms with E-state index in [0.29, 0.717) is 5.78 Å². The van der Waals surface area contributed by atoms with Gasteiger partial charge in [-0.25, -0.2) is 0 Å². The van der Waals surface area contributed by atoms with Gasteiger partial charge in [0.25, 0.3) is 0 Å². The van der Waals surface area contributed by atoms with Crippen LogP contribution in [0.2, 0.25) is 0 Å². The van der Waals surface area contributed by atoms with Gasteiger partial charge in [-0.1, -0.05) is 13.8 Å². The molecule has 0 heterocycles. The number of carbonyl (C=O) groups is 1. The van der Waals surface area contributed by atoms with Crippen LogP contribution in [0.4, 0.5) is 0 Å². The van der Waals surface area contributed by atoms with E-state index >= 15 is 0 Å². The summed E-state index contributed by atoms with van der Waals surface area (Å²) in [6, 6.07) is 0. The molecule has 3 rings (SSSR count). The average molecular weight is 152 g/mol. The molecule has 2 bridgehead atoms. The smallest absolute Gasteiger partial charge is 0.139 e. The first-order chi connectivity index (χ1) is 5.12. The summed E-state index contributed by atoms with van der Waals surface area (Å²) >= 11 is 0. The molecule has 1 heteroatoms. The number of hydrogen-bond acceptors (Lipinski definition) is 1. The third-order valence-corrected chi connectivity index (χ3v) is 3.76. The zero-order valence-electron chi connectivity index (χ0n) is 7.39. The fourth-order valence-corrected chi connectivity index (χ4v) is 2.81. The number of ketones is 1. The standard InChI is InChI=1S/C10H16O/c1-7-6-10(2)4-3-8(7)5-9(10)11/h7-8H,3-6H2,1-2H3/t7?,8-,10-/m1/s1. The van der Waals surface area contributed by atoms with Gasteiger partial charge in [0.15, 0.2) is 0 Å². The molecule has 0 amide bonds. The van der Waals surface area contributed by atoms with Crippen LogP contribution in [0.15, 0.2) is 0 Å². The van der Waals surface area contributed by atoms with Crippen LogP contribution in [0.3, 0.4) is 0 Å². The third-order valence-electron chi connectivity index (χ3n) is 3.76. The van der Waals surface area contributed by atoms with Crippen LogP contribution in [-0.2, 0) is 4.79 Å². The SMILES string of the molecule is CC1C[C@@]2(C)CC[C@@H]1CC2=O. The quantitative estimate of drug-likeness (QED) is 0.521. The molecule has 0 spiro atoms. The minimum atomic E-state index is 0.0775. The number of Topliss-reactive ketones (excluding diaryl/α,β-unsaturated/α-hetero) is 1. The Morgan fingerprint density at radius 2 is 2.27 bits per heavy atom. The molecule has 0 aromatic rings. The van der Waals surface area contributed by atoms with Gasteiger partial charge in [0.2, 0.25) is 0 Å². The number of fused-ring (bicyclic) bond motifs is 3. The van der Waals surface area contributed by atoms with E-state index in [9.17, 15) is 4.79 Å². The predicted molar refractivity (Wildman–Crippen MR) is 44.2 cm³/mol. The summed E-state index contributed by atoms with van der Waals surface area (Å²) in [6.45, 7) is 4.45. The zero-order chi connectivity index (χ0) is 8.06. The normalized spacial score (nSPS) is 49.8. The molecule has 3 aliphatic carbocycles. The first kappa shape index (κ1) is 7.33. The van der Waals surface area contributed by atoms with Gasteiger partial charge < -0.3 is 0 Å². The lowest BCUT2D eigenvalue weighted by Gasteiger charge is -2.46. The molecule has 1 nitrogen and oxygen atoms in total. The number of carbonyl (C=O) groups excluding carboxylic acids is 1. The Kier molecular flexibility index (Phi) is 1.39. The Balaban J connectivity index is 2.26. The fourth-order valence-electron chi connectivity index (χ4n) is 2.81. The number of hydrogen-bond donors (Lipinski definition) is 0. The second-order valence-corrected chi connectivity index (χ2v) is 4.67. The Morgan fingerprint density at radius 1 is 1.55 bits per heavy atom. The van der Waals surface area contributed by atoms with E-state index in [-0.39, 0.29) is 5.41 Å². The lowest BCUT2D eigenvalue weighted by molar-refractivity contribution is -0.139. The topological polar surface area (TPSA) is 17.1 Å². The second-order valence-electron chi connectivity index (χ2n) is 4.67. The predicted octanol–water partition coefficient (Wildman–Crippen LogP) is 2.40. The maximum Gasteiger partial charge on any atom is 0.139 e. The second kappa shape index (κ2) is 2.09. The molecule has 11 heavy (non-hydrogen) atoms. The molecule has 0 aromatic heterocycles. The molecule has 0 aromatic carbocycles. The zero-order valence-corrected chi connectivity index (χ0v) is 7.39. The summed E-state index contributed by atoms with van der Waals surface area (Å²) in [5, 5.41) is 0. The first-order valence-electron chi connectivity index (χ1n) is 4.65. The molecule has 0 saturated heterocycles. The van der Waals surface area contributed by atoms with Gasteiger partial charge in [-0.2, -0.15) is 0 Å². The Morgan fingerprint density at radius 3 is 2.64 bits per heavy atom. The minimum Gasteiger partial charge on any atom is -0.299 e. The highest BCUT2D eigenvalue weighted by Crippen LogP contribution is 2.50.